The van der Waals surface area contributed by atoms with Gasteiger partial charge in [0.15, 0.2) is 11.6 Å². The van der Waals surface area contributed by atoms with Crippen LogP contribution in [0.5, 0.6) is 0 Å². The maximum absolute atomic E-state index is 14.1. The number of pyridine rings is 1. The molecule has 1 aliphatic rings. The second-order valence-corrected chi connectivity index (χ2v) is 7.16. The fourth-order valence-electron chi connectivity index (χ4n) is 3.79. The van der Waals surface area contributed by atoms with Gasteiger partial charge in [-0.3, -0.25) is 9.78 Å². The number of fused-ring (bicyclic) bond motifs is 1. The molecule has 30 heavy (non-hydrogen) atoms. The number of carbonyl (C=O) groups excluding carboxylic acids is 1. The van der Waals surface area contributed by atoms with Gasteiger partial charge < -0.3 is 9.80 Å². The van der Waals surface area contributed by atoms with Crippen molar-refractivity contribution in [1.29, 1.82) is 5.26 Å². The molecule has 2 aromatic carbocycles. The Morgan fingerprint density at radius 2 is 1.80 bits per heavy atom. The number of piperazine rings is 1. The Bertz CT molecular complexity index is 1200. The Morgan fingerprint density at radius 3 is 2.47 bits per heavy atom. The van der Waals surface area contributed by atoms with E-state index in [4.69, 9.17) is 0 Å². The van der Waals surface area contributed by atoms with Crippen molar-refractivity contribution in [2.75, 3.05) is 31.1 Å². The number of amides is 1. The van der Waals surface area contributed by atoms with E-state index in [9.17, 15) is 23.2 Å². The maximum atomic E-state index is 14.1. The van der Waals surface area contributed by atoms with Gasteiger partial charge >= 0.3 is 0 Å². The number of hydrogen-bond acceptors (Lipinski definition) is 4. The normalized spacial score (nSPS) is 14.1. The summed E-state index contributed by atoms with van der Waals surface area (Å²) in [5, 5.41) is 10.1. The zero-order valence-corrected chi connectivity index (χ0v) is 16.1. The third-order valence-electron chi connectivity index (χ3n) is 5.27. The fourth-order valence-corrected chi connectivity index (χ4v) is 3.79. The Balaban J connectivity index is 1.61. The van der Waals surface area contributed by atoms with E-state index < -0.39 is 23.4 Å². The number of benzene rings is 2. The third kappa shape index (κ3) is 3.43. The van der Waals surface area contributed by atoms with Crippen LogP contribution in [0.3, 0.4) is 0 Å². The predicted octanol–water partition coefficient (Wildman–Crippen LogP) is 3.79. The van der Waals surface area contributed by atoms with Crippen molar-refractivity contribution in [3.05, 3.63) is 70.7 Å². The van der Waals surface area contributed by atoms with Crippen LogP contribution >= 0.6 is 0 Å². The first kappa shape index (κ1) is 19.7. The van der Waals surface area contributed by atoms with E-state index in [1.807, 2.05) is 4.90 Å². The van der Waals surface area contributed by atoms with Crippen molar-refractivity contribution in [1.82, 2.24) is 9.88 Å². The van der Waals surface area contributed by atoms with Crippen molar-refractivity contribution in [2.45, 2.75) is 6.92 Å². The molecule has 0 atom stereocenters. The minimum atomic E-state index is -1.07. The molecule has 5 nitrogen and oxygen atoms in total. The molecule has 1 saturated heterocycles. The van der Waals surface area contributed by atoms with Crippen LogP contribution in [0.15, 0.2) is 36.5 Å². The second kappa shape index (κ2) is 7.67. The van der Waals surface area contributed by atoms with E-state index in [0.717, 1.165) is 12.1 Å². The molecule has 4 rings (SSSR count). The summed E-state index contributed by atoms with van der Waals surface area (Å²) in [6.45, 7) is 3.20. The van der Waals surface area contributed by atoms with Gasteiger partial charge in [0.2, 0.25) is 0 Å². The molecule has 152 valence electrons. The Labute approximate surface area is 171 Å². The summed E-state index contributed by atoms with van der Waals surface area (Å²) in [5.74, 6) is -2.88. The molecule has 2 heterocycles. The highest BCUT2D eigenvalue weighted by atomic mass is 19.2. The average molecular weight is 410 g/mol. The zero-order chi connectivity index (χ0) is 21.4. The summed E-state index contributed by atoms with van der Waals surface area (Å²) in [7, 11) is 0. The molecule has 0 N–H and O–H groups in total. The third-order valence-corrected chi connectivity index (χ3v) is 5.27. The quantitative estimate of drug-likeness (QED) is 0.645. The van der Waals surface area contributed by atoms with Gasteiger partial charge in [0, 0.05) is 43.3 Å². The second-order valence-electron chi connectivity index (χ2n) is 7.16. The summed E-state index contributed by atoms with van der Waals surface area (Å²) in [6.07, 6.45) is 1.47. The molecule has 0 aliphatic carbocycles. The number of halogens is 3. The molecular weight excluding hydrogens is 393 g/mol. The van der Waals surface area contributed by atoms with Crippen LogP contribution in [0.25, 0.3) is 10.9 Å². The number of aryl methyl sites for hydroxylation is 1. The highest BCUT2D eigenvalue weighted by Crippen LogP contribution is 2.32. The molecule has 0 radical (unpaired) electrons. The van der Waals surface area contributed by atoms with Crippen LogP contribution in [0.1, 0.15) is 21.5 Å². The van der Waals surface area contributed by atoms with Crippen molar-refractivity contribution in [3.8, 4) is 6.07 Å². The molecule has 1 amide bonds. The molecule has 1 aromatic heterocycles. The molecule has 8 heteroatoms. The lowest BCUT2D eigenvalue weighted by molar-refractivity contribution is 0.0746. The molecule has 1 fully saturated rings. The number of nitrogens with zero attached hydrogens (tertiary/aromatic N) is 4. The van der Waals surface area contributed by atoms with Gasteiger partial charge in [-0.1, -0.05) is 0 Å². The van der Waals surface area contributed by atoms with Crippen LogP contribution in [-0.4, -0.2) is 42.0 Å². The van der Waals surface area contributed by atoms with E-state index in [1.54, 1.807) is 11.8 Å². The first-order valence-electron chi connectivity index (χ1n) is 9.37. The standard InChI is InChI=1S/C22H17F3N4O/c1-13-8-16(23)10-17-20(13)27-12-15(11-26)21(17)28-4-6-29(7-5-28)22(30)14-2-3-18(24)19(25)9-14/h2-3,8-10,12H,4-7H2,1H3. The molecule has 1 aliphatic heterocycles. The highest BCUT2D eigenvalue weighted by Gasteiger charge is 2.26. The van der Waals surface area contributed by atoms with Crippen molar-refractivity contribution < 1.29 is 18.0 Å². The Kier molecular flexibility index (Phi) is 5.04. The van der Waals surface area contributed by atoms with Crippen molar-refractivity contribution in [3.63, 3.8) is 0 Å². The van der Waals surface area contributed by atoms with Gasteiger partial charge in [-0.2, -0.15) is 5.26 Å². The monoisotopic (exact) mass is 410 g/mol. The maximum Gasteiger partial charge on any atom is 0.254 e. The largest absolute Gasteiger partial charge is 0.366 e. The smallest absolute Gasteiger partial charge is 0.254 e. The zero-order valence-electron chi connectivity index (χ0n) is 16.1. The number of carbonyl (C=O) groups is 1. The Morgan fingerprint density at radius 1 is 1.07 bits per heavy atom. The van der Waals surface area contributed by atoms with Crippen LogP contribution in [-0.2, 0) is 0 Å². The topological polar surface area (TPSA) is 60.2 Å². The summed E-state index contributed by atoms with van der Waals surface area (Å²) < 4.78 is 40.7. The van der Waals surface area contributed by atoms with E-state index in [2.05, 4.69) is 11.1 Å². The summed E-state index contributed by atoms with van der Waals surface area (Å²) in [5.41, 5.74) is 2.28. The molecule has 0 bridgehead atoms. The van der Waals surface area contributed by atoms with Crippen molar-refractivity contribution >= 4 is 22.5 Å². The van der Waals surface area contributed by atoms with Crippen LogP contribution in [0, 0.1) is 35.7 Å². The number of anilines is 1. The lowest BCUT2D eigenvalue weighted by Gasteiger charge is -2.37. The van der Waals surface area contributed by atoms with Crippen LogP contribution < -0.4 is 4.90 Å². The Hall–Kier alpha value is -3.60. The first-order valence-corrected chi connectivity index (χ1v) is 9.37. The van der Waals surface area contributed by atoms with E-state index in [-0.39, 0.29) is 5.56 Å². The summed E-state index contributed by atoms with van der Waals surface area (Å²) >= 11 is 0. The van der Waals surface area contributed by atoms with E-state index >= 15 is 0 Å². The average Bonchev–Trinajstić information content (AvgIpc) is 2.74. The van der Waals surface area contributed by atoms with Gasteiger partial charge in [-0.05, 0) is 42.8 Å². The molecule has 0 spiro atoms. The number of hydrogen-bond donors (Lipinski definition) is 0. The number of nitriles is 1. The molecular formula is C22H17F3N4O. The van der Waals surface area contributed by atoms with E-state index in [1.165, 1.54) is 24.4 Å². The minimum absolute atomic E-state index is 0.0760. The van der Waals surface area contributed by atoms with Gasteiger partial charge in [0.05, 0.1) is 16.8 Å². The lowest BCUT2D eigenvalue weighted by atomic mass is 10.0. The molecule has 0 saturated carbocycles. The van der Waals surface area contributed by atoms with Gasteiger partial charge in [0.1, 0.15) is 11.9 Å². The van der Waals surface area contributed by atoms with Crippen LogP contribution in [0.2, 0.25) is 0 Å². The minimum Gasteiger partial charge on any atom is -0.366 e. The SMILES string of the molecule is Cc1cc(F)cc2c(N3CCN(C(=O)c4ccc(F)c(F)c4)CC3)c(C#N)cnc12. The van der Waals surface area contributed by atoms with Crippen molar-refractivity contribution in [2.24, 2.45) is 0 Å². The number of rotatable bonds is 2. The van der Waals surface area contributed by atoms with Gasteiger partial charge in [-0.15, -0.1) is 0 Å². The molecule has 3 aromatic rings. The van der Waals surface area contributed by atoms with E-state index in [0.29, 0.717) is 53.9 Å². The predicted molar refractivity (Wildman–Crippen MR) is 106 cm³/mol. The summed E-state index contributed by atoms with van der Waals surface area (Å²) in [4.78, 5) is 20.4. The number of aromatic nitrogens is 1. The van der Waals surface area contributed by atoms with Gasteiger partial charge in [0.25, 0.3) is 5.91 Å². The first-order chi connectivity index (χ1) is 14.4. The summed E-state index contributed by atoms with van der Waals surface area (Å²) in [6, 6.07) is 7.94. The highest BCUT2D eigenvalue weighted by molar-refractivity contribution is 5.97. The van der Waals surface area contributed by atoms with Gasteiger partial charge in [-0.25, -0.2) is 13.2 Å². The van der Waals surface area contributed by atoms with Crippen LogP contribution in [0.4, 0.5) is 18.9 Å². The fraction of sp³-hybridized carbons (Fsp3) is 0.227. The lowest BCUT2D eigenvalue weighted by Crippen LogP contribution is -2.49. The molecule has 0 unspecified atom stereocenters.